The predicted octanol–water partition coefficient (Wildman–Crippen LogP) is 2.89. The molecule has 6 nitrogen and oxygen atoms in total. The molecule has 0 saturated heterocycles. The van der Waals surface area contributed by atoms with E-state index in [2.05, 4.69) is 15.4 Å². The number of thiophene rings is 1. The van der Waals surface area contributed by atoms with Crippen LogP contribution in [0.15, 0.2) is 29.8 Å². The van der Waals surface area contributed by atoms with Gasteiger partial charge < -0.3 is 15.0 Å². The summed E-state index contributed by atoms with van der Waals surface area (Å²) in [7, 11) is 1.65. The smallest absolute Gasteiger partial charge is 0.273 e. The van der Waals surface area contributed by atoms with E-state index in [1.165, 1.54) is 0 Å². The van der Waals surface area contributed by atoms with Crippen LogP contribution in [0.5, 0.6) is 0 Å². The zero-order valence-electron chi connectivity index (χ0n) is 11.8. The van der Waals surface area contributed by atoms with Crippen molar-refractivity contribution in [1.82, 2.24) is 14.8 Å². The van der Waals surface area contributed by atoms with E-state index in [1.54, 1.807) is 29.2 Å². The third-order valence-electron chi connectivity index (χ3n) is 3.19. The number of aromatic nitrogens is 3. The Kier molecular flexibility index (Phi) is 3.76. The molecule has 0 saturated carbocycles. The number of fused-ring (bicyclic) bond motifs is 1. The Balaban J connectivity index is 1.71. The number of amides is 1. The first-order chi connectivity index (χ1) is 10.2. The van der Waals surface area contributed by atoms with Crippen LogP contribution in [0, 0.1) is 0 Å². The van der Waals surface area contributed by atoms with E-state index >= 15 is 0 Å². The fourth-order valence-electron chi connectivity index (χ4n) is 2.12. The van der Waals surface area contributed by atoms with Crippen LogP contribution >= 0.6 is 11.3 Å². The van der Waals surface area contributed by atoms with Gasteiger partial charge in [-0.3, -0.25) is 9.48 Å². The lowest BCUT2D eigenvalue weighted by molar-refractivity contribution is 0.102. The number of hydrogen-bond acceptors (Lipinski definition) is 4. The maximum absolute atomic E-state index is 12.2. The Morgan fingerprint density at radius 1 is 1.57 bits per heavy atom. The molecule has 0 fully saturated rings. The largest absolute Gasteiger partial charge is 0.382 e. The Hall–Kier alpha value is -2.12. The standard InChI is InChI=1S/C14H16N4O2S/c1-9(8-20-2)18-5-3-13(17-18)16-14(19)11-7-12-10(15-11)4-6-21-12/h3-7,9,15H,8H2,1-2H3,(H,16,17,19)/t9-/m0/s1. The molecule has 3 rings (SSSR count). The first kappa shape index (κ1) is 13.8. The van der Waals surface area contributed by atoms with Crippen LogP contribution < -0.4 is 5.32 Å². The minimum absolute atomic E-state index is 0.122. The fourth-order valence-corrected chi connectivity index (χ4v) is 2.90. The first-order valence-electron chi connectivity index (χ1n) is 6.59. The average molecular weight is 304 g/mol. The Labute approximate surface area is 125 Å². The van der Waals surface area contributed by atoms with Gasteiger partial charge in [0.2, 0.25) is 0 Å². The van der Waals surface area contributed by atoms with Crippen molar-refractivity contribution in [2.24, 2.45) is 0 Å². The second kappa shape index (κ2) is 5.71. The summed E-state index contributed by atoms with van der Waals surface area (Å²) >= 11 is 1.60. The number of rotatable bonds is 5. The van der Waals surface area contributed by atoms with E-state index < -0.39 is 0 Å². The molecule has 3 heterocycles. The Morgan fingerprint density at radius 2 is 2.43 bits per heavy atom. The molecule has 110 valence electrons. The molecule has 0 unspecified atom stereocenters. The van der Waals surface area contributed by atoms with Gasteiger partial charge >= 0.3 is 0 Å². The zero-order chi connectivity index (χ0) is 14.8. The quantitative estimate of drug-likeness (QED) is 0.761. The zero-order valence-corrected chi connectivity index (χ0v) is 12.6. The Morgan fingerprint density at radius 3 is 3.19 bits per heavy atom. The lowest BCUT2D eigenvalue weighted by Gasteiger charge is -2.10. The van der Waals surface area contributed by atoms with Gasteiger partial charge in [0.1, 0.15) is 5.69 Å². The number of carbonyl (C=O) groups excluding carboxylic acids is 1. The maximum Gasteiger partial charge on any atom is 0.273 e. The molecule has 0 radical (unpaired) electrons. The van der Waals surface area contributed by atoms with Gasteiger partial charge in [-0.15, -0.1) is 11.3 Å². The number of aromatic amines is 1. The predicted molar refractivity (Wildman–Crippen MR) is 82.9 cm³/mol. The Bertz CT molecular complexity index is 729. The number of nitrogens with zero attached hydrogens (tertiary/aromatic N) is 2. The van der Waals surface area contributed by atoms with Gasteiger partial charge in [0, 0.05) is 19.4 Å². The van der Waals surface area contributed by atoms with Gasteiger partial charge in [-0.05, 0) is 24.4 Å². The van der Waals surface area contributed by atoms with Crippen molar-refractivity contribution in [3.8, 4) is 0 Å². The van der Waals surface area contributed by atoms with Gasteiger partial charge in [-0.1, -0.05) is 0 Å². The van der Waals surface area contributed by atoms with E-state index in [0.29, 0.717) is 18.1 Å². The molecule has 0 spiro atoms. The minimum Gasteiger partial charge on any atom is -0.382 e. The van der Waals surface area contributed by atoms with E-state index in [0.717, 1.165) is 10.2 Å². The van der Waals surface area contributed by atoms with Crippen molar-refractivity contribution >= 4 is 33.3 Å². The van der Waals surface area contributed by atoms with Crippen molar-refractivity contribution in [3.05, 3.63) is 35.5 Å². The molecule has 1 amide bonds. The molecule has 0 aliphatic carbocycles. The molecule has 2 N–H and O–H groups in total. The normalized spacial score (nSPS) is 12.7. The van der Waals surface area contributed by atoms with Crippen LogP contribution in [0.3, 0.4) is 0 Å². The molecular formula is C14H16N4O2S. The molecule has 0 aliphatic rings. The number of anilines is 1. The molecular weight excluding hydrogens is 288 g/mol. The summed E-state index contributed by atoms with van der Waals surface area (Å²) in [5, 5.41) is 9.11. The highest BCUT2D eigenvalue weighted by Gasteiger charge is 2.13. The first-order valence-corrected chi connectivity index (χ1v) is 7.47. The van der Waals surface area contributed by atoms with E-state index in [9.17, 15) is 4.79 Å². The third kappa shape index (κ3) is 2.84. The third-order valence-corrected chi connectivity index (χ3v) is 4.06. The van der Waals surface area contributed by atoms with E-state index in [4.69, 9.17) is 4.74 Å². The highest BCUT2D eigenvalue weighted by atomic mass is 32.1. The molecule has 3 aromatic heterocycles. The second-order valence-corrected chi connectivity index (χ2v) is 5.77. The molecule has 0 bridgehead atoms. The summed E-state index contributed by atoms with van der Waals surface area (Å²) in [4.78, 5) is 15.3. The van der Waals surface area contributed by atoms with Gasteiger partial charge in [-0.25, -0.2) is 0 Å². The summed E-state index contributed by atoms with van der Waals surface area (Å²) < 4.78 is 7.93. The number of carbonyl (C=O) groups is 1. The van der Waals surface area contributed by atoms with Crippen LogP contribution in [0.1, 0.15) is 23.5 Å². The molecule has 7 heteroatoms. The topological polar surface area (TPSA) is 71.9 Å². The lowest BCUT2D eigenvalue weighted by Crippen LogP contribution is -2.15. The maximum atomic E-state index is 12.2. The van der Waals surface area contributed by atoms with Gasteiger partial charge in [-0.2, -0.15) is 5.10 Å². The van der Waals surface area contributed by atoms with Crippen molar-refractivity contribution < 1.29 is 9.53 Å². The van der Waals surface area contributed by atoms with Crippen molar-refractivity contribution in [2.75, 3.05) is 19.0 Å². The van der Waals surface area contributed by atoms with Crippen LogP contribution in [-0.4, -0.2) is 34.4 Å². The second-order valence-electron chi connectivity index (χ2n) is 4.82. The number of hydrogen-bond donors (Lipinski definition) is 2. The number of H-pyrrole nitrogens is 1. The van der Waals surface area contributed by atoms with Crippen LogP contribution in [0.2, 0.25) is 0 Å². The summed E-state index contributed by atoms with van der Waals surface area (Å²) in [5.41, 5.74) is 1.51. The number of ether oxygens (including phenoxy) is 1. The van der Waals surface area contributed by atoms with Gasteiger partial charge in [0.15, 0.2) is 5.82 Å². The summed E-state index contributed by atoms with van der Waals surface area (Å²) in [6.07, 6.45) is 1.83. The van der Waals surface area contributed by atoms with Crippen molar-refractivity contribution in [2.45, 2.75) is 13.0 Å². The van der Waals surface area contributed by atoms with E-state index in [1.807, 2.05) is 30.6 Å². The highest BCUT2D eigenvalue weighted by Crippen LogP contribution is 2.21. The summed E-state index contributed by atoms with van der Waals surface area (Å²) in [6, 6.07) is 5.70. The molecule has 1 atom stereocenters. The molecule has 21 heavy (non-hydrogen) atoms. The minimum atomic E-state index is -0.192. The van der Waals surface area contributed by atoms with Gasteiger partial charge in [0.05, 0.1) is 22.9 Å². The number of nitrogens with one attached hydrogen (secondary N) is 2. The summed E-state index contributed by atoms with van der Waals surface area (Å²) in [6.45, 7) is 2.57. The van der Waals surface area contributed by atoms with Crippen LogP contribution in [0.25, 0.3) is 10.2 Å². The van der Waals surface area contributed by atoms with Gasteiger partial charge in [0.25, 0.3) is 5.91 Å². The highest BCUT2D eigenvalue weighted by molar-refractivity contribution is 7.17. The monoisotopic (exact) mass is 304 g/mol. The molecule has 3 aromatic rings. The average Bonchev–Trinajstić information content (AvgIpc) is 3.13. The van der Waals surface area contributed by atoms with Crippen LogP contribution in [-0.2, 0) is 4.74 Å². The fraction of sp³-hybridized carbons (Fsp3) is 0.286. The number of methoxy groups -OCH3 is 1. The van der Waals surface area contributed by atoms with Crippen molar-refractivity contribution in [1.29, 1.82) is 0 Å². The van der Waals surface area contributed by atoms with E-state index in [-0.39, 0.29) is 11.9 Å². The molecule has 0 aromatic carbocycles. The SMILES string of the molecule is COC[C@H](C)n1ccc(NC(=O)c2cc3sccc3[nH]2)n1. The summed E-state index contributed by atoms with van der Waals surface area (Å²) in [5.74, 6) is 0.337. The van der Waals surface area contributed by atoms with Crippen LogP contribution in [0.4, 0.5) is 5.82 Å². The molecule has 0 aliphatic heterocycles. The van der Waals surface area contributed by atoms with Crippen molar-refractivity contribution in [3.63, 3.8) is 0 Å². The lowest BCUT2D eigenvalue weighted by atomic mass is 10.4.